The van der Waals surface area contributed by atoms with Crippen molar-refractivity contribution in [3.8, 4) is 11.8 Å². The molecule has 2 rings (SSSR count). The summed E-state index contributed by atoms with van der Waals surface area (Å²) >= 11 is 0. The molecule has 6 N–H and O–H groups in total. The number of carbonyl (C=O) groups excluding carboxylic acids is 3. The average Bonchev–Trinajstić information content (AvgIpc) is 2.86. The number of benzene rings is 2. The lowest BCUT2D eigenvalue weighted by molar-refractivity contribution is -0.133. The zero-order chi connectivity index (χ0) is 25.6. The van der Waals surface area contributed by atoms with E-state index in [9.17, 15) is 19.5 Å². The molecule has 0 saturated heterocycles. The Hall–Kier alpha value is -3.75. The summed E-state index contributed by atoms with van der Waals surface area (Å²) in [4.78, 5) is 35.8. The van der Waals surface area contributed by atoms with Gasteiger partial charge in [0, 0.05) is 36.1 Å². The molecule has 2 aromatic carbocycles. The monoisotopic (exact) mass is 482 g/mol. The predicted molar refractivity (Wildman–Crippen MR) is 130 cm³/mol. The van der Waals surface area contributed by atoms with Gasteiger partial charge in [-0.3, -0.25) is 19.6 Å². The molecule has 0 aromatic heterocycles. The first kappa shape index (κ1) is 27.5. The van der Waals surface area contributed by atoms with Gasteiger partial charge in [-0.05, 0) is 68.4 Å². The maximum Gasteiger partial charge on any atom is 0.268 e. The van der Waals surface area contributed by atoms with E-state index in [2.05, 4.69) is 27.8 Å². The Kier molecular flexibility index (Phi) is 11.4. The second-order valence-corrected chi connectivity index (χ2v) is 7.64. The van der Waals surface area contributed by atoms with Crippen LogP contribution in [-0.4, -0.2) is 67.0 Å². The van der Waals surface area contributed by atoms with E-state index >= 15 is 0 Å². The fraction of sp³-hybridized carbons (Fsp3) is 0.320. The van der Waals surface area contributed by atoms with Crippen LogP contribution in [0.3, 0.4) is 0 Å². The van der Waals surface area contributed by atoms with E-state index in [1.165, 1.54) is 24.5 Å². The summed E-state index contributed by atoms with van der Waals surface area (Å²) in [5.74, 6) is 4.37. The Labute approximate surface area is 204 Å². The van der Waals surface area contributed by atoms with E-state index in [1.807, 2.05) is 0 Å². The number of hydroxylamine groups is 1. The number of nitrogens with one attached hydrogen (secondary N) is 4. The molecule has 0 heterocycles. The van der Waals surface area contributed by atoms with E-state index in [0.29, 0.717) is 24.4 Å². The summed E-state index contributed by atoms with van der Waals surface area (Å²) < 4.78 is 4.95. The number of methoxy groups -OCH3 is 1. The highest BCUT2D eigenvalue weighted by Crippen LogP contribution is 2.10. The largest absolute Gasteiger partial charge is 0.391 e. The average molecular weight is 483 g/mol. The third-order valence-corrected chi connectivity index (χ3v) is 4.82. The molecular weight excluding hydrogens is 452 g/mol. The minimum absolute atomic E-state index is 0.137. The first-order chi connectivity index (χ1) is 16.8. The van der Waals surface area contributed by atoms with Crippen molar-refractivity contribution in [1.29, 1.82) is 0 Å². The third kappa shape index (κ3) is 9.56. The quantitative estimate of drug-likeness (QED) is 0.119. The van der Waals surface area contributed by atoms with Crippen LogP contribution < -0.4 is 21.4 Å². The number of ether oxygens (including phenoxy) is 1. The summed E-state index contributed by atoms with van der Waals surface area (Å²) in [7, 11) is 1.64. The molecule has 0 aliphatic carbocycles. The molecule has 3 amide bonds. The standard InChI is InChI=1S/C25H30N4O6/c1-17(30)23(25(33)29-34)28-24(32)20-10-6-18(7-11-20)4-5-19-8-12-21(13-9-19)27-22(31)16-26-14-3-15-35-2/h6-13,17,23,26,30,34H,3,14-16H2,1-2H3,(H,27,31)(H,28,32)(H,29,33)/t17-,23+/m1/s1. The van der Waals surface area contributed by atoms with Crippen LogP contribution in [0.2, 0.25) is 0 Å². The van der Waals surface area contributed by atoms with E-state index < -0.39 is 24.0 Å². The lowest BCUT2D eigenvalue weighted by Gasteiger charge is -2.19. The van der Waals surface area contributed by atoms with Crippen molar-refractivity contribution in [1.82, 2.24) is 16.1 Å². The number of hydrogen-bond acceptors (Lipinski definition) is 7. The number of rotatable bonds is 11. The first-order valence-electron chi connectivity index (χ1n) is 11.0. The normalized spacial score (nSPS) is 12.0. The summed E-state index contributed by atoms with van der Waals surface area (Å²) in [6.07, 6.45) is -0.362. The second-order valence-electron chi connectivity index (χ2n) is 7.64. The maximum absolute atomic E-state index is 12.3. The van der Waals surface area contributed by atoms with Crippen LogP contribution in [0.4, 0.5) is 5.69 Å². The van der Waals surface area contributed by atoms with E-state index in [0.717, 1.165) is 12.0 Å². The Morgan fingerprint density at radius 1 is 1.00 bits per heavy atom. The molecule has 2 aromatic rings. The van der Waals surface area contributed by atoms with Crippen LogP contribution in [0, 0.1) is 11.8 Å². The van der Waals surface area contributed by atoms with Crippen molar-refractivity contribution >= 4 is 23.4 Å². The maximum atomic E-state index is 12.3. The van der Waals surface area contributed by atoms with Crippen molar-refractivity contribution in [3.05, 3.63) is 65.2 Å². The molecule has 10 heteroatoms. The summed E-state index contributed by atoms with van der Waals surface area (Å²) in [6, 6.07) is 12.2. The number of hydrogen-bond donors (Lipinski definition) is 6. The molecule has 0 aliphatic heterocycles. The molecule has 0 aliphatic rings. The van der Waals surface area contributed by atoms with E-state index in [1.54, 1.807) is 43.5 Å². The van der Waals surface area contributed by atoms with Gasteiger partial charge in [-0.2, -0.15) is 0 Å². The van der Waals surface area contributed by atoms with Gasteiger partial charge in [0.15, 0.2) is 0 Å². The zero-order valence-corrected chi connectivity index (χ0v) is 19.6. The highest BCUT2D eigenvalue weighted by atomic mass is 16.5. The van der Waals surface area contributed by atoms with Gasteiger partial charge >= 0.3 is 0 Å². The molecule has 0 spiro atoms. The molecule has 186 valence electrons. The number of aliphatic hydroxyl groups excluding tert-OH is 1. The van der Waals surface area contributed by atoms with Gasteiger partial charge in [0.2, 0.25) is 5.91 Å². The fourth-order valence-electron chi connectivity index (χ4n) is 2.93. The lowest BCUT2D eigenvalue weighted by Crippen LogP contribution is -2.51. The second kappa shape index (κ2) is 14.5. The Balaban J connectivity index is 1.90. The molecule has 0 fully saturated rings. The summed E-state index contributed by atoms with van der Waals surface area (Å²) in [5.41, 5.74) is 3.76. The van der Waals surface area contributed by atoms with Crippen molar-refractivity contribution in [2.75, 3.05) is 32.1 Å². The van der Waals surface area contributed by atoms with Crippen LogP contribution in [-0.2, 0) is 14.3 Å². The fourth-order valence-corrected chi connectivity index (χ4v) is 2.93. The number of aliphatic hydroxyl groups is 1. The van der Waals surface area contributed by atoms with Crippen LogP contribution in [0.5, 0.6) is 0 Å². The van der Waals surface area contributed by atoms with Gasteiger partial charge in [0.1, 0.15) is 6.04 Å². The molecule has 0 saturated carbocycles. The van der Waals surface area contributed by atoms with Crippen LogP contribution in [0.25, 0.3) is 0 Å². The Morgan fingerprint density at radius 2 is 1.60 bits per heavy atom. The molecule has 0 bridgehead atoms. The number of amides is 3. The molecule has 0 unspecified atom stereocenters. The van der Waals surface area contributed by atoms with Crippen LogP contribution >= 0.6 is 0 Å². The highest BCUT2D eigenvalue weighted by Gasteiger charge is 2.25. The minimum Gasteiger partial charge on any atom is -0.391 e. The van der Waals surface area contributed by atoms with E-state index in [-0.39, 0.29) is 18.0 Å². The zero-order valence-electron chi connectivity index (χ0n) is 19.6. The summed E-state index contributed by atoms with van der Waals surface area (Å²) in [6.45, 7) is 2.88. The lowest BCUT2D eigenvalue weighted by atomic mass is 10.1. The highest BCUT2D eigenvalue weighted by molar-refractivity contribution is 5.97. The van der Waals surface area contributed by atoms with Gasteiger partial charge in [0.25, 0.3) is 11.8 Å². The van der Waals surface area contributed by atoms with Gasteiger partial charge in [-0.25, -0.2) is 5.48 Å². The van der Waals surface area contributed by atoms with Crippen molar-refractivity contribution in [2.45, 2.75) is 25.5 Å². The molecule has 2 atom stereocenters. The SMILES string of the molecule is COCCCNCC(=O)Nc1ccc(C#Cc2ccc(C(=O)N[C@H](C(=O)NO)[C@@H](C)O)cc2)cc1. The van der Waals surface area contributed by atoms with Gasteiger partial charge in [-0.1, -0.05) is 11.8 Å². The smallest absolute Gasteiger partial charge is 0.268 e. The van der Waals surface area contributed by atoms with Crippen molar-refractivity contribution in [2.24, 2.45) is 0 Å². The number of carbonyl (C=O) groups is 3. The summed E-state index contributed by atoms with van der Waals surface area (Å²) in [5, 5.41) is 26.6. The molecule has 10 nitrogen and oxygen atoms in total. The Morgan fingerprint density at radius 3 is 2.14 bits per heavy atom. The van der Waals surface area contributed by atoms with Gasteiger partial charge < -0.3 is 25.8 Å². The molecular formula is C25H30N4O6. The Bertz CT molecular complexity index is 1040. The minimum atomic E-state index is -1.29. The third-order valence-electron chi connectivity index (χ3n) is 4.82. The molecule has 35 heavy (non-hydrogen) atoms. The topological polar surface area (TPSA) is 149 Å². The van der Waals surface area contributed by atoms with Crippen LogP contribution in [0.1, 0.15) is 34.8 Å². The molecule has 0 radical (unpaired) electrons. The van der Waals surface area contributed by atoms with Gasteiger partial charge in [-0.15, -0.1) is 0 Å². The van der Waals surface area contributed by atoms with Crippen LogP contribution in [0.15, 0.2) is 48.5 Å². The van der Waals surface area contributed by atoms with Gasteiger partial charge in [0.05, 0.1) is 12.6 Å². The van der Waals surface area contributed by atoms with Crippen molar-refractivity contribution < 1.29 is 29.4 Å². The van der Waals surface area contributed by atoms with E-state index in [4.69, 9.17) is 9.94 Å². The van der Waals surface area contributed by atoms with Crippen molar-refractivity contribution in [3.63, 3.8) is 0 Å². The number of anilines is 1. The first-order valence-corrected chi connectivity index (χ1v) is 11.0. The predicted octanol–water partition coefficient (Wildman–Crippen LogP) is 0.636.